The molecule has 2 atom stereocenters. The summed E-state index contributed by atoms with van der Waals surface area (Å²) in [5, 5.41) is 0. The van der Waals surface area contributed by atoms with Crippen molar-refractivity contribution in [1.29, 1.82) is 0 Å². The number of fused-ring (bicyclic) bond motifs is 2. The Bertz CT molecular complexity index is 386. The SMILES string of the molecule is CC1Oc2cc3c(cc2C1N)CCC3. The van der Waals surface area contributed by atoms with Crippen molar-refractivity contribution < 1.29 is 4.74 Å². The molecule has 14 heavy (non-hydrogen) atoms. The fourth-order valence-electron chi connectivity index (χ4n) is 2.51. The molecule has 2 unspecified atom stereocenters. The average Bonchev–Trinajstić information content (AvgIpc) is 2.70. The number of nitrogens with two attached hydrogens (primary N) is 1. The molecule has 1 aromatic rings. The minimum Gasteiger partial charge on any atom is -0.488 e. The van der Waals surface area contributed by atoms with Crippen molar-refractivity contribution in [2.45, 2.75) is 38.3 Å². The zero-order chi connectivity index (χ0) is 9.71. The topological polar surface area (TPSA) is 35.2 Å². The van der Waals surface area contributed by atoms with Gasteiger partial charge in [-0.25, -0.2) is 0 Å². The Labute approximate surface area is 84.1 Å². The lowest BCUT2D eigenvalue weighted by atomic mass is 10.0. The van der Waals surface area contributed by atoms with Gasteiger partial charge in [0.2, 0.25) is 0 Å². The average molecular weight is 189 g/mol. The molecule has 2 nitrogen and oxygen atoms in total. The van der Waals surface area contributed by atoms with Crippen molar-refractivity contribution in [3.8, 4) is 5.75 Å². The van der Waals surface area contributed by atoms with Crippen molar-refractivity contribution >= 4 is 0 Å². The maximum absolute atomic E-state index is 6.06. The second-order valence-corrected chi connectivity index (χ2v) is 4.36. The fraction of sp³-hybridized carbons (Fsp3) is 0.500. The summed E-state index contributed by atoms with van der Waals surface area (Å²) in [5.41, 5.74) is 10.2. The van der Waals surface area contributed by atoms with E-state index in [0.29, 0.717) is 0 Å². The van der Waals surface area contributed by atoms with E-state index in [9.17, 15) is 0 Å². The standard InChI is InChI=1S/C12H15NO/c1-7-12(13)10-5-8-3-2-4-9(8)6-11(10)14-7/h5-7,12H,2-4,13H2,1H3. The second-order valence-electron chi connectivity index (χ2n) is 4.36. The minimum atomic E-state index is 0.0656. The highest BCUT2D eigenvalue weighted by molar-refractivity contribution is 5.48. The van der Waals surface area contributed by atoms with Crippen LogP contribution in [0.4, 0.5) is 0 Å². The first kappa shape index (κ1) is 8.30. The number of aryl methyl sites for hydroxylation is 2. The Morgan fingerprint density at radius 2 is 2.00 bits per heavy atom. The van der Waals surface area contributed by atoms with Crippen LogP contribution >= 0.6 is 0 Å². The van der Waals surface area contributed by atoms with Crippen LogP contribution in [0.5, 0.6) is 5.75 Å². The van der Waals surface area contributed by atoms with E-state index < -0.39 is 0 Å². The van der Waals surface area contributed by atoms with Crippen LogP contribution in [0.2, 0.25) is 0 Å². The molecule has 0 spiro atoms. The minimum absolute atomic E-state index is 0.0656. The highest BCUT2D eigenvalue weighted by Crippen LogP contribution is 2.39. The third kappa shape index (κ3) is 1.01. The Hall–Kier alpha value is -1.02. The van der Waals surface area contributed by atoms with E-state index in [1.54, 1.807) is 0 Å². The Kier molecular flexibility index (Phi) is 1.62. The predicted molar refractivity (Wildman–Crippen MR) is 55.5 cm³/mol. The molecule has 2 heteroatoms. The summed E-state index contributed by atoms with van der Waals surface area (Å²) in [6, 6.07) is 4.52. The van der Waals surface area contributed by atoms with E-state index in [1.165, 1.54) is 36.0 Å². The van der Waals surface area contributed by atoms with Gasteiger partial charge in [0, 0.05) is 5.56 Å². The molecule has 0 aromatic heterocycles. The van der Waals surface area contributed by atoms with E-state index in [0.717, 1.165) is 5.75 Å². The zero-order valence-corrected chi connectivity index (χ0v) is 8.42. The summed E-state index contributed by atoms with van der Waals surface area (Å²) in [6.45, 7) is 2.04. The van der Waals surface area contributed by atoms with Gasteiger partial charge >= 0.3 is 0 Å². The number of hydrogen-bond donors (Lipinski definition) is 1. The van der Waals surface area contributed by atoms with Gasteiger partial charge in [-0.1, -0.05) is 6.07 Å². The Morgan fingerprint density at radius 3 is 2.79 bits per heavy atom. The van der Waals surface area contributed by atoms with E-state index in [4.69, 9.17) is 10.5 Å². The highest BCUT2D eigenvalue weighted by atomic mass is 16.5. The van der Waals surface area contributed by atoms with Crippen molar-refractivity contribution in [1.82, 2.24) is 0 Å². The van der Waals surface area contributed by atoms with Crippen LogP contribution < -0.4 is 10.5 Å². The summed E-state index contributed by atoms with van der Waals surface area (Å²) < 4.78 is 5.72. The summed E-state index contributed by atoms with van der Waals surface area (Å²) in [6.07, 6.45) is 3.83. The first-order chi connectivity index (χ1) is 6.75. The maximum atomic E-state index is 6.06. The van der Waals surface area contributed by atoms with Gasteiger partial charge in [-0.05, 0) is 43.4 Å². The maximum Gasteiger partial charge on any atom is 0.125 e. The van der Waals surface area contributed by atoms with Gasteiger partial charge in [0.25, 0.3) is 0 Å². The van der Waals surface area contributed by atoms with Gasteiger partial charge in [0.1, 0.15) is 11.9 Å². The molecule has 0 saturated heterocycles. The molecule has 2 aliphatic rings. The van der Waals surface area contributed by atoms with Crippen LogP contribution in [-0.4, -0.2) is 6.10 Å². The molecule has 1 heterocycles. The Morgan fingerprint density at radius 1 is 1.29 bits per heavy atom. The third-order valence-corrected chi connectivity index (χ3v) is 3.40. The van der Waals surface area contributed by atoms with Gasteiger partial charge in [0.05, 0.1) is 6.04 Å². The number of hydrogen-bond acceptors (Lipinski definition) is 2. The fourth-order valence-corrected chi connectivity index (χ4v) is 2.51. The quantitative estimate of drug-likeness (QED) is 0.677. The van der Waals surface area contributed by atoms with Crippen LogP contribution in [0.25, 0.3) is 0 Å². The summed E-state index contributed by atoms with van der Waals surface area (Å²) in [7, 11) is 0. The van der Waals surface area contributed by atoms with Crippen molar-refractivity contribution in [3.05, 3.63) is 28.8 Å². The predicted octanol–water partition coefficient (Wildman–Crippen LogP) is 1.96. The van der Waals surface area contributed by atoms with Gasteiger partial charge in [-0.2, -0.15) is 0 Å². The van der Waals surface area contributed by atoms with Gasteiger partial charge in [-0.15, -0.1) is 0 Å². The number of benzene rings is 1. The molecule has 1 aliphatic carbocycles. The van der Waals surface area contributed by atoms with E-state index in [-0.39, 0.29) is 12.1 Å². The number of rotatable bonds is 0. The van der Waals surface area contributed by atoms with Crippen molar-refractivity contribution in [2.75, 3.05) is 0 Å². The summed E-state index contributed by atoms with van der Waals surface area (Å²) >= 11 is 0. The van der Waals surface area contributed by atoms with Gasteiger partial charge in [0.15, 0.2) is 0 Å². The highest BCUT2D eigenvalue weighted by Gasteiger charge is 2.29. The molecular weight excluding hydrogens is 174 g/mol. The Balaban J connectivity index is 2.13. The van der Waals surface area contributed by atoms with E-state index in [1.807, 2.05) is 6.92 Å². The second kappa shape index (κ2) is 2.74. The lowest BCUT2D eigenvalue weighted by molar-refractivity contribution is 0.228. The molecule has 0 amide bonds. The van der Waals surface area contributed by atoms with Crippen LogP contribution in [0.15, 0.2) is 12.1 Å². The lowest BCUT2D eigenvalue weighted by Gasteiger charge is -2.07. The molecule has 74 valence electrons. The van der Waals surface area contributed by atoms with E-state index in [2.05, 4.69) is 12.1 Å². The van der Waals surface area contributed by atoms with Crippen LogP contribution in [0.3, 0.4) is 0 Å². The van der Waals surface area contributed by atoms with Crippen molar-refractivity contribution in [3.63, 3.8) is 0 Å². The van der Waals surface area contributed by atoms with Gasteiger partial charge in [-0.3, -0.25) is 0 Å². The van der Waals surface area contributed by atoms with Crippen molar-refractivity contribution in [2.24, 2.45) is 5.73 Å². The van der Waals surface area contributed by atoms with Crippen LogP contribution in [0, 0.1) is 0 Å². The molecule has 0 saturated carbocycles. The van der Waals surface area contributed by atoms with Crippen LogP contribution in [-0.2, 0) is 12.8 Å². The van der Waals surface area contributed by atoms with Gasteiger partial charge < -0.3 is 10.5 Å². The zero-order valence-electron chi connectivity index (χ0n) is 8.42. The molecule has 0 fully saturated rings. The first-order valence-corrected chi connectivity index (χ1v) is 5.33. The van der Waals surface area contributed by atoms with Crippen LogP contribution in [0.1, 0.15) is 36.1 Å². The lowest BCUT2D eigenvalue weighted by Crippen LogP contribution is -2.21. The molecule has 3 rings (SSSR count). The molecule has 1 aliphatic heterocycles. The summed E-state index contributed by atoms with van der Waals surface area (Å²) in [4.78, 5) is 0. The molecule has 2 N–H and O–H groups in total. The number of ether oxygens (including phenoxy) is 1. The molecule has 0 radical (unpaired) electrons. The molecule has 1 aromatic carbocycles. The monoisotopic (exact) mass is 189 g/mol. The summed E-state index contributed by atoms with van der Waals surface area (Å²) in [5.74, 6) is 1.02. The molecular formula is C12H15NO. The third-order valence-electron chi connectivity index (χ3n) is 3.40. The smallest absolute Gasteiger partial charge is 0.125 e. The largest absolute Gasteiger partial charge is 0.488 e. The van der Waals surface area contributed by atoms with E-state index >= 15 is 0 Å². The first-order valence-electron chi connectivity index (χ1n) is 5.33. The normalized spacial score (nSPS) is 28.4. The molecule has 0 bridgehead atoms.